The van der Waals surface area contributed by atoms with Crippen LogP contribution in [0.25, 0.3) is 0 Å². The van der Waals surface area contributed by atoms with Gasteiger partial charge in [0.25, 0.3) is 0 Å². The van der Waals surface area contributed by atoms with Crippen LogP contribution in [0.2, 0.25) is 0 Å². The van der Waals surface area contributed by atoms with E-state index in [0.717, 1.165) is 30.4 Å². The molecular weight excluding hydrogens is 264 g/mol. The largest absolute Gasteiger partial charge is 0.323 e. The van der Waals surface area contributed by atoms with E-state index in [9.17, 15) is 0 Å². The second-order valence-electron chi connectivity index (χ2n) is 6.12. The second-order valence-corrected chi connectivity index (χ2v) is 6.12. The quantitative estimate of drug-likeness (QED) is 0.794. The summed E-state index contributed by atoms with van der Waals surface area (Å²) in [5.74, 6) is 1.86. The maximum absolute atomic E-state index is 6.33. The number of ether oxygens (including phenoxy) is 3. The average Bonchev–Trinajstić information content (AvgIpc) is 2.54. The van der Waals surface area contributed by atoms with Crippen LogP contribution in [0.4, 0.5) is 0 Å². The van der Waals surface area contributed by atoms with Gasteiger partial charge in [-0.25, -0.2) is 0 Å². The highest BCUT2D eigenvalue weighted by molar-refractivity contribution is 5.35. The number of terminal acetylenes is 1. The van der Waals surface area contributed by atoms with E-state index in [2.05, 4.69) is 19.8 Å². The first-order valence-corrected chi connectivity index (χ1v) is 7.67. The molecule has 3 aliphatic rings. The molecule has 2 bridgehead atoms. The topological polar surface area (TPSA) is 27.7 Å². The van der Waals surface area contributed by atoms with Crippen molar-refractivity contribution in [3.05, 3.63) is 35.4 Å². The van der Waals surface area contributed by atoms with Crippen LogP contribution in [0.15, 0.2) is 24.3 Å². The number of hydrogen-bond donors (Lipinski definition) is 0. The first-order valence-electron chi connectivity index (χ1n) is 7.67. The zero-order valence-electron chi connectivity index (χ0n) is 12.7. The Bertz CT molecular complexity index is 535. The monoisotopic (exact) mass is 286 g/mol. The molecule has 0 radical (unpaired) electrons. The molecule has 0 saturated carbocycles. The van der Waals surface area contributed by atoms with E-state index in [1.165, 1.54) is 0 Å². The molecule has 1 aromatic rings. The number of hydrogen-bond acceptors (Lipinski definition) is 3. The SMILES string of the molecule is C#Cc1ccc(C23OCC(CO2)C(C)(CCCC)O3)cc1. The lowest BCUT2D eigenvalue weighted by Crippen LogP contribution is -2.62. The van der Waals surface area contributed by atoms with Gasteiger partial charge in [0.2, 0.25) is 0 Å². The van der Waals surface area contributed by atoms with Gasteiger partial charge < -0.3 is 14.2 Å². The molecule has 112 valence electrons. The molecule has 0 aliphatic carbocycles. The summed E-state index contributed by atoms with van der Waals surface area (Å²) in [6, 6.07) is 7.65. The fourth-order valence-electron chi connectivity index (χ4n) is 3.09. The van der Waals surface area contributed by atoms with Gasteiger partial charge in [-0.2, -0.15) is 0 Å². The smallest absolute Gasteiger partial charge is 0.312 e. The summed E-state index contributed by atoms with van der Waals surface area (Å²) in [6.45, 7) is 5.74. The summed E-state index contributed by atoms with van der Waals surface area (Å²) in [6.07, 6.45) is 8.75. The Balaban J connectivity index is 1.87. The lowest BCUT2D eigenvalue weighted by Gasteiger charge is -2.55. The van der Waals surface area contributed by atoms with Crippen molar-refractivity contribution in [3.63, 3.8) is 0 Å². The van der Waals surface area contributed by atoms with Crippen LogP contribution in [0, 0.1) is 18.3 Å². The van der Waals surface area contributed by atoms with E-state index in [1.54, 1.807) is 0 Å². The second kappa shape index (κ2) is 5.46. The third kappa shape index (κ3) is 2.48. The van der Waals surface area contributed by atoms with Gasteiger partial charge in [-0.1, -0.05) is 25.7 Å². The van der Waals surface area contributed by atoms with Gasteiger partial charge >= 0.3 is 5.97 Å². The number of benzene rings is 1. The molecule has 0 spiro atoms. The van der Waals surface area contributed by atoms with Crippen molar-refractivity contribution in [2.75, 3.05) is 13.2 Å². The number of fused-ring (bicyclic) bond motifs is 3. The highest BCUT2D eigenvalue weighted by Crippen LogP contribution is 2.48. The maximum atomic E-state index is 6.33. The minimum atomic E-state index is -1.07. The van der Waals surface area contributed by atoms with Gasteiger partial charge in [0, 0.05) is 17.0 Å². The van der Waals surface area contributed by atoms with Crippen molar-refractivity contribution in [3.8, 4) is 12.3 Å². The Morgan fingerprint density at radius 1 is 1.24 bits per heavy atom. The molecule has 1 unspecified atom stereocenters. The first-order chi connectivity index (χ1) is 10.1. The third-order valence-electron chi connectivity index (χ3n) is 4.61. The van der Waals surface area contributed by atoms with Crippen LogP contribution >= 0.6 is 0 Å². The fraction of sp³-hybridized carbons (Fsp3) is 0.556. The van der Waals surface area contributed by atoms with E-state index >= 15 is 0 Å². The minimum absolute atomic E-state index is 0.183. The lowest BCUT2D eigenvalue weighted by molar-refractivity contribution is -0.501. The molecule has 0 aromatic heterocycles. The molecule has 4 rings (SSSR count). The molecule has 3 heterocycles. The molecule has 0 N–H and O–H groups in total. The molecule has 3 heteroatoms. The van der Waals surface area contributed by atoms with Crippen molar-refractivity contribution in [2.45, 2.75) is 44.7 Å². The number of unbranched alkanes of at least 4 members (excludes halogenated alkanes) is 1. The van der Waals surface area contributed by atoms with E-state index in [4.69, 9.17) is 20.6 Å². The van der Waals surface area contributed by atoms with Crippen molar-refractivity contribution in [2.24, 2.45) is 5.92 Å². The summed E-state index contributed by atoms with van der Waals surface area (Å²) in [5.41, 5.74) is 1.54. The van der Waals surface area contributed by atoms with Crippen molar-refractivity contribution >= 4 is 0 Å². The van der Waals surface area contributed by atoms with Crippen LogP contribution in [0.5, 0.6) is 0 Å². The molecule has 21 heavy (non-hydrogen) atoms. The Morgan fingerprint density at radius 2 is 1.90 bits per heavy atom. The van der Waals surface area contributed by atoms with E-state index in [1.807, 2.05) is 24.3 Å². The van der Waals surface area contributed by atoms with Crippen LogP contribution in [-0.4, -0.2) is 18.8 Å². The summed E-state index contributed by atoms with van der Waals surface area (Å²) in [5, 5.41) is 0. The van der Waals surface area contributed by atoms with Crippen molar-refractivity contribution in [1.29, 1.82) is 0 Å². The predicted molar refractivity (Wildman–Crippen MR) is 80.5 cm³/mol. The third-order valence-corrected chi connectivity index (χ3v) is 4.61. The average molecular weight is 286 g/mol. The van der Waals surface area contributed by atoms with Gasteiger partial charge in [-0.05, 0) is 37.6 Å². The lowest BCUT2D eigenvalue weighted by atomic mass is 9.83. The molecule has 3 aliphatic heterocycles. The molecule has 1 aromatic carbocycles. The summed E-state index contributed by atoms with van der Waals surface area (Å²) in [4.78, 5) is 0. The standard InChI is InChI=1S/C18H22O3/c1-4-6-11-17(3)16-12-19-18(21-17,20-13-16)15-9-7-14(5-2)8-10-15/h2,7-10,16H,4,6,11-13H2,1,3H3. The van der Waals surface area contributed by atoms with E-state index < -0.39 is 5.97 Å². The highest BCUT2D eigenvalue weighted by Gasteiger charge is 2.56. The van der Waals surface area contributed by atoms with Gasteiger partial charge in [0.05, 0.1) is 18.8 Å². The molecule has 3 fully saturated rings. The predicted octanol–water partition coefficient (Wildman–Crippen LogP) is 3.42. The van der Waals surface area contributed by atoms with Crippen LogP contribution in [0.3, 0.4) is 0 Å². The zero-order valence-corrected chi connectivity index (χ0v) is 12.7. The summed E-state index contributed by atoms with van der Waals surface area (Å²) in [7, 11) is 0. The van der Waals surface area contributed by atoms with Crippen LogP contribution < -0.4 is 0 Å². The Labute approximate surface area is 126 Å². The van der Waals surface area contributed by atoms with E-state index in [-0.39, 0.29) is 5.60 Å². The Kier molecular flexibility index (Phi) is 3.79. The molecule has 3 saturated heterocycles. The molecule has 3 nitrogen and oxygen atoms in total. The van der Waals surface area contributed by atoms with Gasteiger partial charge in [0.15, 0.2) is 0 Å². The minimum Gasteiger partial charge on any atom is -0.323 e. The van der Waals surface area contributed by atoms with Gasteiger partial charge in [-0.3, -0.25) is 0 Å². The Hall–Kier alpha value is -1.34. The molecular formula is C18H22O3. The van der Waals surface area contributed by atoms with Crippen molar-refractivity contribution in [1.82, 2.24) is 0 Å². The Morgan fingerprint density at radius 3 is 2.48 bits per heavy atom. The van der Waals surface area contributed by atoms with Gasteiger partial charge in [0.1, 0.15) is 0 Å². The van der Waals surface area contributed by atoms with Crippen LogP contribution in [-0.2, 0) is 20.2 Å². The van der Waals surface area contributed by atoms with Crippen molar-refractivity contribution < 1.29 is 14.2 Å². The van der Waals surface area contributed by atoms with Crippen LogP contribution in [0.1, 0.15) is 44.2 Å². The normalized spacial score (nSPS) is 34.6. The number of rotatable bonds is 4. The fourth-order valence-corrected chi connectivity index (χ4v) is 3.09. The van der Waals surface area contributed by atoms with Gasteiger partial charge in [-0.15, -0.1) is 6.42 Å². The highest BCUT2D eigenvalue weighted by atomic mass is 16.9. The summed E-state index contributed by atoms with van der Waals surface area (Å²) >= 11 is 0. The zero-order chi connectivity index (χ0) is 14.9. The molecule has 0 amide bonds. The summed E-state index contributed by atoms with van der Waals surface area (Å²) < 4.78 is 18.1. The maximum Gasteiger partial charge on any atom is 0.312 e. The first kappa shape index (κ1) is 14.6. The molecule has 1 atom stereocenters. The van der Waals surface area contributed by atoms with E-state index in [0.29, 0.717) is 19.1 Å².